The van der Waals surface area contributed by atoms with Gasteiger partial charge < -0.3 is 20.5 Å². The zero-order valence-corrected chi connectivity index (χ0v) is 15.4. The number of hydrogen-bond donors (Lipinski definition) is 2. The Kier molecular flexibility index (Phi) is 7.18. The number of halogens is 1. The van der Waals surface area contributed by atoms with Crippen LogP contribution in [0, 0.1) is 5.41 Å². The van der Waals surface area contributed by atoms with Crippen LogP contribution in [0.15, 0.2) is 23.2 Å². The molecule has 1 fully saturated rings. The number of nitrogens with two attached hydrogens (primary N) is 1. The van der Waals surface area contributed by atoms with Crippen molar-refractivity contribution in [1.82, 2.24) is 0 Å². The average molecular weight is 354 g/mol. The first-order chi connectivity index (χ1) is 11.6. The van der Waals surface area contributed by atoms with Crippen molar-refractivity contribution in [3.05, 3.63) is 23.2 Å². The Bertz CT molecular complexity index is 557. The Hall–Kier alpha value is -1.46. The predicted molar refractivity (Wildman–Crippen MR) is 100 cm³/mol. The van der Waals surface area contributed by atoms with Gasteiger partial charge in [0.25, 0.3) is 0 Å². The lowest BCUT2D eigenvalue weighted by atomic mass is 9.83. The van der Waals surface area contributed by atoms with Crippen molar-refractivity contribution in [3.63, 3.8) is 0 Å². The van der Waals surface area contributed by atoms with E-state index in [-0.39, 0.29) is 5.41 Å². The Morgan fingerprint density at radius 1 is 1.38 bits per heavy atom. The van der Waals surface area contributed by atoms with E-state index in [1.165, 1.54) is 25.7 Å². The van der Waals surface area contributed by atoms with E-state index in [1.54, 1.807) is 19.2 Å². The lowest BCUT2D eigenvalue weighted by molar-refractivity contribution is 0.107. The van der Waals surface area contributed by atoms with Crippen LogP contribution in [0.5, 0.6) is 5.75 Å². The fourth-order valence-corrected chi connectivity index (χ4v) is 3.49. The molecule has 0 aromatic heterocycles. The minimum absolute atomic E-state index is 0.235. The molecule has 0 bridgehead atoms. The highest BCUT2D eigenvalue weighted by molar-refractivity contribution is 6.32. The van der Waals surface area contributed by atoms with Crippen molar-refractivity contribution in [2.45, 2.75) is 39.0 Å². The van der Waals surface area contributed by atoms with Crippen molar-refractivity contribution in [1.29, 1.82) is 0 Å². The van der Waals surface area contributed by atoms with Crippen molar-refractivity contribution in [2.75, 3.05) is 32.2 Å². The molecule has 0 amide bonds. The third-order valence-corrected chi connectivity index (χ3v) is 4.95. The van der Waals surface area contributed by atoms with Crippen LogP contribution in [-0.4, -0.2) is 32.8 Å². The zero-order valence-electron chi connectivity index (χ0n) is 14.6. The van der Waals surface area contributed by atoms with Gasteiger partial charge in [0.05, 0.1) is 12.1 Å². The summed E-state index contributed by atoms with van der Waals surface area (Å²) in [7, 11) is 1.59. The van der Waals surface area contributed by atoms with E-state index in [1.807, 2.05) is 13.0 Å². The number of guanidine groups is 1. The molecule has 3 N–H and O–H groups in total. The van der Waals surface area contributed by atoms with E-state index in [0.29, 0.717) is 16.7 Å². The van der Waals surface area contributed by atoms with E-state index in [4.69, 9.17) is 26.8 Å². The van der Waals surface area contributed by atoms with Crippen LogP contribution < -0.4 is 15.8 Å². The normalized spacial score (nSPS) is 17.0. The standard InChI is InChI=1S/C18H28ClN3O2/c1-3-24-11-10-18(8-4-5-9-18)13-21-17(20)22-14-6-7-16(23-2)15(19)12-14/h6-7,12H,3-5,8-11,13H2,1-2H3,(H3,20,21,22). The maximum absolute atomic E-state index is 6.13. The molecule has 1 aromatic carbocycles. The molecule has 5 nitrogen and oxygen atoms in total. The number of nitrogens with zero attached hydrogens (tertiary/aromatic N) is 1. The highest BCUT2D eigenvalue weighted by atomic mass is 35.5. The fraction of sp³-hybridized carbons (Fsp3) is 0.611. The minimum Gasteiger partial charge on any atom is -0.495 e. The summed E-state index contributed by atoms with van der Waals surface area (Å²) < 4.78 is 10.7. The number of aliphatic imine (C=N–C) groups is 1. The van der Waals surface area contributed by atoms with Crippen molar-refractivity contribution < 1.29 is 9.47 Å². The van der Waals surface area contributed by atoms with Gasteiger partial charge in [-0.2, -0.15) is 0 Å². The summed E-state index contributed by atoms with van der Waals surface area (Å²) in [6.45, 7) is 4.33. The molecule has 0 heterocycles. The molecule has 1 aromatic rings. The van der Waals surface area contributed by atoms with Gasteiger partial charge in [-0.1, -0.05) is 24.4 Å². The lowest BCUT2D eigenvalue weighted by Gasteiger charge is -2.27. The molecule has 6 heteroatoms. The van der Waals surface area contributed by atoms with Crippen molar-refractivity contribution in [3.8, 4) is 5.75 Å². The van der Waals surface area contributed by atoms with Gasteiger partial charge in [-0.05, 0) is 49.8 Å². The van der Waals surface area contributed by atoms with Gasteiger partial charge in [0, 0.05) is 25.4 Å². The Morgan fingerprint density at radius 3 is 2.75 bits per heavy atom. The van der Waals surface area contributed by atoms with E-state index < -0.39 is 0 Å². The van der Waals surface area contributed by atoms with Crippen molar-refractivity contribution >= 4 is 23.2 Å². The van der Waals surface area contributed by atoms with E-state index in [9.17, 15) is 0 Å². The lowest BCUT2D eigenvalue weighted by Crippen LogP contribution is -2.28. The van der Waals surface area contributed by atoms with Gasteiger partial charge in [-0.3, -0.25) is 4.99 Å². The van der Waals surface area contributed by atoms with Gasteiger partial charge in [-0.25, -0.2) is 0 Å². The summed E-state index contributed by atoms with van der Waals surface area (Å²) in [4.78, 5) is 4.58. The highest BCUT2D eigenvalue weighted by Gasteiger charge is 2.33. The quantitative estimate of drug-likeness (QED) is 0.420. The second kappa shape index (κ2) is 9.14. The monoisotopic (exact) mass is 353 g/mol. The maximum Gasteiger partial charge on any atom is 0.193 e. The number of ether oxygens (including phenoxy) is 2. The van der Waals surface area contributed by atoms with Crippen molar-refractivity contribution in [2.24, 2.45) is 16.1 Å². The molecule has 1 aliphatic carbocycles. The van der Waals surface area contributed by atoms with Crippen LogP contribution in [0.2, 0.25) is 5.02 Å². The van der Waals surface area contributed by atoms with Gasteiger partial charge in [0.1, 0.15) is 5.75 Å². The molecular formula is C18H28ClN3O2. The Labute approximate surface area is 149 Å². The second-order valence-corrected chi connectivity index (χ2v) is 6.74. The largest absolute Gasteiger partial charge is 0.495 e. The molecule has 0 saturated heterocycles. The molecular weight excluding hydrogens is 326 g/mol. The average Bonchev–Trinajstić information content (AvgIpc) is 3.03. The summed E-state index contributed by atoms with van der Waals surface area (Å²) in [5.74, 6) is 1.05. The Morgan fingerprint density at radius 2 is 2.12 bits per heavy atom. The molecule has 24 heavy (non-hydrogen) atoms. The summed E-state index contributed by atoms with van der Waals surface area (Å²) in [5.41, 5.74) is 7.09. The number of nitrogens with one attached hydrogen (secondary N) is 1. The van der Waals surface area contributed by atoms with Crippen LogP contribution in [0.1, 0.15) is 39.0 Å². The van der Waals surface area contributed by atoms with Gasteiger partial charge in [-0.15, -0.1) is 0 Å². The van der Waals surface area contributed by atoms with Crippen LogP contribution in [-0.2, 0) is 4.74 Å². The Balaban J connectivity index is 1.95. The fourth-order valence-electron chi connectivity index (χ4n) is 3.23. The molecule has 0 aliphatic heterocycles. The summed E-state index contributed by atoms with van der Waals surface area (Å²) in [5, 5.41) is 3.64. The summed E-state index contributed by atoms with van der Waals surface area (Å²) in [6, 6.07) is 5.45. The highest BCUT2D eigenvalue weighted by Crippen LogP contribution is 2.41. The molecule has 134 valence electrons. The van der Waals surface area contributed by atoms with Gasteiger partial charge in [0.15, 0.2) is 5.96 Å². The molecule has 0 atom stereocenters. The summed E-state index contributed by atoms with van der Waals surface area (Å²) in [6.07, 6.45) is 5.98. The maximum atomic E-state index is 6.13. The van der Waals surface area contributed by atoms with Crippen LogP contribution in [0.25, 0.3) is 0 Å². The van der Waals surface area contributed by atoms with Crippen LogP contribution in [0.3, 0.4) is 0 Å². The molecule has 2 rings (SSSR count). The topological polar surface area (TPSA) is 68.9 Å². The van der Waals surface area contributed by atoms with Crippen LogP contribution >= 0.6 is 11.6 Å². The molecule has 0 unspecified atom stereocenters. The zero-order chi connectivity index (χ0) is 17.4. The van der Waals surface area contributed by atoms with Crippen LogP contribution in [0.4, 0.5) is 5.69 Å². The molecule has 0 radical (unpaired) electrons. The first kappa shape index (κ1) is 18.9. The third-order valence-electron chi connectivity index (χ3n) is 4.65. The first-order valence-corrected chi connectivity index (χ1v) is 8.94. The summed E-state index contributed by atoms with van der Waals surface area (Å²) >= 11 is 6.13. The predicted octanol–water partition coefficient (Wildman–Crippen LogP) is 4.06. The number of benzene rings is 1. The molecule has 1 aliphatic rings. The second-order valence-electron chi connectivity index (χ2n) is 6.33. The number of hydrogen-bond acceptors (Lipinski definition) is 3. The number of rotatable bonds is 8. The number of methoxy groups -OCH3 is 1. The third kappa shape index (κ3) is 5.28. The number of anilines is 1. The minimum atomic E-state index is 0.235. The van der Waals surface area contributed by atoms with E-state index in [0.717, 1.165) is 31.9 Å². The first-order valence-electron chi connectivity index (χ1n) is 8.57. The van der Waals surface area contributed by atoms with E-state index in [2.05, 4.69) is 10.3 Å². The smallest absolute Gasteiger partial charge is 0.193 e. The van der Waals surface area contributed by atoms with Gasteiger partial charge >= 0.3 is 0 Å². The van der Waals surface area contributed by atoms with Gasteiger partial charge in [0.2, 0.25) is 0 Å². The molecule has 1 saturated carbocycles. The molecule has 0 spiro atoms. The SMILES string of the molecule is CCOCCC1(CN=C(N)Nc2ccc(OC)c(Cl)c2)CCCC1. The van der Waals surface area contributed by atoms with E-state index >= 15 is 0 Å².